The minimum atomic E-state index is -0.396. The number of rotatable bonds is 4. The van der Waals surface area contributed by atoms with Crippen LogP contribution < -0.4 is 10.6 Å². The van der Waals surface area contributed by atoms with E-state index in [0.29, 0.717) is 23.3 Å². The Morgan fingerprint density at radius 2 is 2.44 bits per heavy atom. The molecule has 1 atom stereocenters. The van der Waals surface area contributed by atoms with E-state index >= 15 is 0 Å². The number of morpholine rings is 1. The molecule has 0 spiro atoms. The fourth-order valence-electron chi connectivity index (χ4n) is 1.78. The highest BCUT2D eigenvalue weighted by atomic mass is 79.9. The fourth-order valence-corrected chi connectivity index (χ4v) is 2.13. The molecule has 1 fully saturated rings. The van der Waals surface area contributed by atoms with Crippen LogP contribution >= 0.6 is 15.9 Å². The molecule has 1 aromatic carbocycles. The zero-order chi connectivity index (χ0) is 13.0. The van der Waals surface area contributed by atoms with Gasteiger partial charge in [0.25, 0.3) is 5.69 Å². The van der Waals surface area contributed by atoms with Crippen molar-refractivity contribution < 1.29 is 9.66 Å². The summed E-state index contributed by atoms with van der Waals surface area (Å²) in [6.45, 7) is 2.84. The van der Waals surface area contributed by atoms with Crippen LogP contribution in [-0.4, -0.2) is 37.3 Å². The lowest BCUT2D eigenvalue weighted by Gasteiger charge is -2.24. The number of benzene rings is 1. The van der Waals surface area contributed by atoms with Crippen molar-refractivity contribution in [1.82, 2.24) is 5.32 Å². The van der Waals surface area contributed by atoms with Gasteiger partial charge in [-0.3, -0.25) is 10.1 Å². The minimum Gasteiger partial charge on any atom is -0.377 e. The van der Waals surface area contributed by atoms with Gasteiger partial charge in [-0.15, -0.1) is 0 Å². The summed E-state index contributed by atoms with van der Waals surface area (Å²) < 4.78 is 6.21. The van der Waals surface area contributed by atoms with E-state index in [0.717, 1.165) is 13.1 Å². The minimum absolute atomic E-state index is 0.0435. The van der Waals surface area contributed by atoms with E-state index in [2.05, 4.69) is 26.6 Å². The molecule has 0 aliphatic carbocycles. The molecule has 2 rings (SSSR count). The summed E-state index contributed by atoms with van der Waals surface area (Å²) >= 11 is 3.23. The summed E-state index contributed by atoms with van der Waals surface area (Å²) in [4.78, 5) is 10.5. The molecule has 1 heterocycles. The highest BCUT2D eigenvalue weighted by Gasteiger charge is 2.17. The molecule has 1 aliphatic rings. The normalized spacial score (nSPS) is 19.5. The molecule has 0 radical (unpaired) electrons. The van der Waals surface area contributed by atoms with Crippen LogP contribution in [0.3, 0.4) is 0 Å². The van der Waals surface area contributed by atoms with Crippen molar-refractivity contribution in [3.05, 3.63) is 32.8 Å². The molecule has 7 heteroatoms. The third-order valence-corrected chi connectivity index (χ3v) is 3.17. The molecule has 1 saturated heterocycles. The summed E-state index contributed by atoms with van der Waals surface area (Å²) in [5.74, 6) is 0. The number of nitrogens with zero attached hydrogens (tertiary/aromatic N) is 1. The van der Waals surface area contributed by atoms with Gasteiger partial charge in [-0.1, -0.05) is 15.9 Å². The van der Waals surface area contributed by atoms with Crippen LogP contribution in [0, 0.1) is 10.1 Å². The van der Waals surface area contributed by atoms with Gasteiger partial charge in [0.2, 0.25) is 0 Å². The van der Waals surface area contributed by atoms with Gasteiger partial charge in [-0.25, -0.2) is 0 Å². The van der Waals surface area contributed by atoms with Crippen LogP contribution in [0.4, 0.5) is 11.4 Å². The van der Waals surface area contributed by atoms with Gasteiger partial charge in [0.15, 0.2) is 0 Å². The third-order valence-electron chi connectivity index (χ3n) is 2.68. The second kappa shape index (κ2) is 6.12. The number of ether oxygens (including phenoxy) is 1. The van der Waals surface area contributed by atoms with E-state index in [9.17, 15) is 10.1 Å². The van der Waals surface area contributed by atoms with E-state index in [1.165, 1.54) is 6.07 Å². The lowest BCUT2D eigenvalue weighted by molar-refractivity contribution is -0.384. The van der Waals surface area contributed by atoms with Crippen LogP contribution in [0.15, 0.2) is 22.7 Å². The van der Waals surface area contributed by atoms with Gasteiger partial charge in [0.1, 0.15) is 5.69 Å². The zero-order valence-corrected chi connectivity index (χ0v) is 11.3. The summed E-state index contributed by atoms with van der Waals surface area (Å²) in [6.07, 6.45) is 0.0435. The summed E-state index contributed by atoms with van der Waals surface area (Å²) in [6, 6.07) is 4.95. The van der Waals surface area contributed by atoms with Gasteiger partial charge >= 0.3 is 0 Å². The van der Waals surface area contributed by atoms with Crippen LogP contribution in [0.25, 0.3) is 0 Å². The molecule has 0 bridgehead atoms. The Morgan fingerprint density at radius 3 is 3.11 bits per heavy atom. The third kappa shape index (κ3) is 3.41. The summed E-state index contributed by atoms with van der Waals surface area (Å²) in [7, 11) is 0. The SMILES string of the molecule is O=[N+]([O-])c1cc(Br)ccc1NCC1CNCCO1. The average Bonchev–Trinajstić information content (AvgIpc) is 2.38. The van der Waals surface area contributed by atoms with Crippen molar-refractivity contribution in [3.8, 4) is 0 Å². The standard InChI is InChI=1S/C11H14BrN3O3/c12-8-1-2-10(11(5-8)15(16)17)14-7-9-6-13-3-4-18-9/h1-2,5,9,13-14H,3-4,6-7H2. The molecule has 0 amide bonds. The number of hydrogen-bond donors (Lipinski definition) is 2. The highest BCUT2D eigenvalue weighted by molar-refractivity contribution is 9.10. The van der Waals surface area contributed by atoms with Crippen LogP contribution in [0.1, 0.15) is 0 Å². The summed E-state index contributed by atoms with van der Waals surface area (Å²) in [5, 5.41) is 17.2. The lowest BCUT2D eigenvalue weighted by Crippen LogP contribution is -2.42. The van der Waals surface area contributed by atoms with Gasteiger partial charge in [0, 0.05) is 30.2 Å². The number of hydrogen-bond acceptors (Lipinski definition) is 5. The molecule has 6 nitrogen and oxygen atoms in total. The van der Waals surface area contributed by atoms with Gasteiger partial charge in [0.05, 0.1) is 17.6 Å². The van der Waals surface area contributed by atoms with Crippen molar-refractivity contribution in [2.45, 2.75) is 6.10 Å². The Balaban J connectivity index is 2.01. The topological polar surface area (TPSA) is 76.4 Å². The van der Waals surface area contributed by atoms with Crippen molar-refractivity contribution in [1.29, 1.82) is 0 Å². The Labute approximate surface area is 113 Å². The van der Waals surface area contributed by atoms with Crippen LogP contribution in [0.5, 0.6) is 0 Å². The number of nitro groups is 1. The van der Waals surface area contributed by atoms with E-state index in [4.69, 9.17) is 4.74 Å². The first-order chi connectivity index (χ1) is 8.66. The van der Waals surface area contributed by atoms with E-state index in [1.807, 2.05) is 0 Å². The summed E-state index contributed by atoms with van der Waals surface area (Å²) in [5.41, 5.74) is 0.575. The molecule has 18 heavy (non-hydrogen) atoms. The second-order valence-electron chi connectivity index (χ2n) is 4.00. The number of nitrogens with one attached hydrogen (secondary N) is 2. The Bertz CT molecular complexity index is 436. The van der Waals surface area contributed by atoms with Gasteiger partial charge in [-0.2, -0.15) is 0 Å². The van der Waals surface area contributed by atoms with Crippen molar-refractivity contribution in [3.63, 3.8) is 0 Å². The number of nitro benzene ring substituents is 1. The smallest absolute Gasteiger partial charge is 0.293 e. The predicted octanol–water partition coefficient (Wildman–Crippen LogP) is 1.76. The molecular formula is C11H14BrN3O3. The molecule has 1 aromatic rings. The lowest BCUT2D eigenvalue weighted by atomic mass is 10.2. The van der Waals surface area contributed by atoms with Crippen molar-refractivity contribution >= 4 is 27.3 Å². The molecule has 0 saturated carbocycles. The molecule has 0 aromatic heterocycles. The van der Waals surface area contributed by atoms with Crippen molar-refractivity contribution in [2.75, 3.05) is 31.6 Å². The Hall–Kier alpha value is -1.18. The first-order valence-corrected chi connectivity index (χ1v) is 6.46. The van der Waals surface area contributed by atoms with Crippen molar-refractivity contribution in [2.24, 2.45) is 0 Å². The zero-order valence-electron chi connectivity index (χ0n) is 9.69. The first kappa shape index (κ1) is 13.3. The predicted molar refractivity (Wildman–Crippen MR) is 71.9 cm³/mol. The van der Waals surface area contributed by atoms with Crippen LogP contribution in [-0.2, 0) is 4.74 Å². The van der Waals surface area contributed by atoms with E-state index in [1.54, 1.807) is 12.1 Å². The van der Waals surface area contributed by atoms with E-state index < -0.39 is 4.92 Å². The van der Waals surface area contributed by atoms with Gasteiger partial charge in [-0.05, 0) is 12.1 Å². The second-order valence-corrected chi connectivity index (χ2v) is 4.91. The maximum atomic E-state index is 10.9. The number of anilines is 1. The fraction of sp³-hybridized carbons (Fsp3) is 0.455. The maximum absolute atomic E-state index is 10.9. The highest BCUT2D eigenvalue weighted by Crippen LogP contribution is 2.27. The van der Waals surface area contributed by atoms with E-state index in [-0.39, 0.29) is 11.8 Å². The molecule has 1 aliphatic heterocycles. The number of halogens is 1. The quantitative estimate of drug-likeness (QED) is 0.654. The maximum Gasteiger partial charge on any atom is 0.293 e. The Kier molecular flexibility index (Phi) is 4.51. The first-order valence-electron chi connectivity index (χ1n) is 5.67. The molecule has 2 N–H and O–H groups in total. The molecular weight excluding hydrogens is 302 g/mol. The van der Waals surface area contributed by atoms with Crippen LogP contribution in [0.2, 0.25) is 0 Å². The van der Waals surface area contributed by atoms with Gasteiger partial charge < -0.3 is 15.4 Å². The Morgan fingerprint density at radius 1 is 1.61 bits per heavy atom. The average molecular weight is 316 g/mol. The monoisotopic (exact) mass is 315 g/mol. The largest absolute Gasteiger partial charge is 0.377 e. The molecule has 1 unspecified atom stereocenters. The molecule has 98 valence electrons.